The summed E-state index contributed by atoms with van der Waals surface area (Å²) in [6.45, 7) is 3.68. The Morgan fingerprint density at radius 2 is 1.82 bits per heavy atom. The highest BCUT2D eigenvalue weighted by atomic mass is 16.5. The number of nitrogens with one attached hydrogen (secondary N) is 2. The van der Waals surface area contributed by atoms with Crippen LogP contribution in [-0.4, -0.2) is 73.7 Å². The molecule has 2 atom stereocenters. The van der Waals surface area contributed by atoms with Gasteiger partial charge in [-0.05, 0) is 63.0 Å². The van der Waals surface area contributed by atoms with Crippen molar-refractivity contribution in [1.29, 1.82) is 0 Å². The van der Waals surface area contributed by atoms with Crippen molar-refractivity contribution < 1.29 is 14.4 Å². The number of rotatable bonds is 8. The summed E-state index contributed by atoms with van der Waals surface area (Å²) in [6, 6.07) is 14.9. The first-order chi connectivity index (χ1) is 21.6. The van der Waals surface area contributed by atoms with E-state index in [-0.39, 0.29) is 30.0 Å². The summed E-state index contributed by atoms with van der Waals surface area (Å²) in [5, 5.41) is 21.7. The molecule has 224 valence electrons. The second kappa shape index (κ2) is 10.8. The maximum atomic E-state index is 12.9. The van der Waals surface area contributed by atoms with E-state index in [4.69, 9.17) is 19.5 Å². The van der Waals surface area contributed by atoms with E-state index in [1.54, 1.807) is 6.20 Å². The van der Waals surface area contributed by atoms with Crippen molar-refractivity contribution in [3.63, 3.8) is 0 Å². The first-order valence-corrected chi connectivity index (χ1v) is 15.3. The van der Waals surface area contributed by atoms with E-state index in [1.807, 2.05) is 59.5 Å². The Labute approximate surface area is 255 Å². The van der Waals surface area contributed by atoms with Crippen LogP contribution in [0.1, 0.15) is 65.2 Å². The summed E-state index contributed by atoms with van der Waals surface area (Å²) in [5.41, 5.74) is 3.69. The van der Waals surface area contributed by atoms with E-state index in [0.717, 1.165) is 62.4 Å². The van der Waals surface area contributed by atoms with Gasteiger partial charge in [-0.15, -0.1) is 0 Å². The Hall–Kier alpha value is -4.61. The fraction of sp³-hybridized carbons (Fsp3) is 0.364. The molecular weight excluding hydrogens is 556 g/mol. The Morgan fingerprint density at radius 3 is 2.61 bits per heavy atom. The lowest BCUT2D eigenvalue weighted by atomic mass is 9.71. The first kappa shape index (κ1) is 27.0. The molecular formula is C33H34N8O3. The van der Waals surface area contributed by atoms with Gasteiger partial charge in [0.15, 0.2) is 5.82 Å². The minimum atomic E-state index is -0.372. The van der Waals surface area contributed by atoms with Crippen molar-refractivity contribution in [3.8, 4) is 11.5 Å². The number of hydrogen-bond acceptors (Lipinski definition) is 10. The average Bonchev–Trinajstić information content (AvgIpc) is 3.69. The van der Waals surface area contributed by atoms with Crippen LogP contribution in [0.5, 0.6) is 0 Å². The summed E-state index contributed by atoms with van der Waals surface area (Å²) >= 11 is 0. The predicted octanol–water partition coefficient (Wildman–Crippen LogP) is 4.61. The third-order valence-corrected chi connectivity index (χ3v) is 9.66. The average molecular weight is 591 g/mol. The second-order valence-corrected chi connectivity index (χ2v) is 12.1. The standard InChI is InChI=1S/C33H34N8O3/c42-20-25(21-6-2-1-3-7-21)35-24-18-28(36-27-10-9-22-29(37-27)26-8-4-5-14-41(26)31(22)43)34-19-23(24)30-38-32(39-44-30)33-11-15-40(16-12-33)17-13-33/h1-7,9-10,18-19,25-26,42H,8,11-17,20H2,(H2,34,35,36,37)/t25-,26?/m1/s1. The van der Waals surface area contributed by atoms with Crippen LogP contribution < -0.4 is 10.6 Å². The van der Waals surface area contributed by atoms with Crippen molar-refractivity contribution in [2.75, 3.05) is 43.4 Å². The number of carbonyl (C=O) groups is 1. The van der Waals surface area contributed by atoms with Gasteiger partial charge in [-0.3, -0.25) is 4.79 Å². The number of pyridine rings is 2. The van der Waals surface area contributed by atoms with Gasteiger partial charge in [0.1, 0.15) is 11.6 Å². The first-order valence-electron chi connectivity index (χ1n) is 15.3. The zero-order valence-corrected chi connectivity index (χ0v) is 24.3. The number of piperidine rings is 3. The predicted molar refractivity (Wildman–Crippen MR) is 164 cm³/mol. The number of fused-ring (bicyclic) bond motifs is 6. The number of nitrogens with zero attached hydrogens (tertiary/aromatic N) is 6. The molecule has 11 heteroatoms. The van der Waals surface area contributed by atoms with E-state index < -0.39 is 0 Å². The summed E-state index contributed by atoms with van der Waals surface area (Å²) in [6.07, 6.45) is 9.70. The third-order valence-electron chi connectivity index (χ3n) is 9.66. The minimum Gasteiger partial charge on any atom is -0.394 e. The van der Waals surface area contributed by atoms with Crippen molar-refractivity contribution in [2.24, 2.45) is 0 Å². The Kier molecular flexibility index (Phi) is 6.64. The molecule has 11 nitrogen and oxygen atoms in total. The van der Waals surface area contributed by atoms with Crippen LogP contribution in [0.4, 0.5) is 17.3 Å². The van der Waals surface area contributed by atoms with Crippen LogP contribution in [-0.2, 0) is 5.41 Å². The summed E-state index contributed by atoms with van der Waals surface area (Å²) in [7, 11) is 0. The normalized spacial score (nSPS) is 24.2. The molecule has 0 aliphatic carbocycles. The van der Waals surface area contributed by atoms with Crippen LogP contribution in [0.3, 0.4) is 0 Å². The second-order valence-electron chi connectivity index (χ2n) is 12.1. The molecule has 0 saturated carbocycles. The number of anilines is 3. The molecule has 3 aromatic heterocycles. The Bertz CT molecular complexity index is 1720. The molecule has 44 heavy (non-hydrogen) atoms. The van der Waals surface area contributed by atoms with E-state index in [2.05, 4.69) is 26.8 Å². The van der Waals surface area contributed by atoms with Gasteiger partial charge in [-0.2, -0.15) is 4.98 Å². The minimum absolute atomic E-state index is 0.0237. The molecule has 0 radical (unpaired) electrons. The van der Waals surface area contributed by atoms with Gasteiger partial charge in [0.25, 0.3) is 11.8 Å². The smallest absolute Gasteiger partial charge is 0.261 e. The molecule has 3 saturated heterocycles. The van der Waals surface area contributed by atoms with Crippen LogP contribution in [0.15, 0.2) is 71.4 Å². The third kappa shape index (κ3) is 4.63. The Morgan fingerprint density at radius 1 is 1.00 bits per heavy atom. The molecule has 1 unspecified atom stereocenters. The number of aliphatic hydroxyl groups excluding tert-OH is 1. The van der Waals surface area contributed by atoms with Crippen molar-refractivity contribution in [3.05, 3.63) is 89.5 Å². The zero-order chi connectivity index (χ0) is 29.7. The van der Waals surface area contributed by atoms with E-state index >= 15 is 0 Å². The SMILES string of the molecule is O=C1c2ccc(Nc3cc(N[C@H](CO)c4ccccc4)c(-c4nc(C56CCN(CC5)CC6)no4)cn3)nc2C2CC=CCN12. The van der Waals surface area contributed by atoms with Crippen LogP contribution >= 0.6 is 0 Å². The lowest BCUT2D eigenvalue weighted by molar-refractivity contribution is 0.0740. The summed E-state index contributed by atoms with van der Waals surface area (Å²) < 4.78 is 5.89. The molecule has 2 bridgehead atoms. The zero-order valence-electron chi connectivity index (χ0n) is 24.3. The van der Waals surface area contributed by atoms with Gasteiger partial charge in [0.05, 0.1) is 41.2 Å². The Balaban J connectivity index is 1.13. The lowest BCUT2D eigenvalue weighted by Gasteiger charge is -2.46. The quantitative estimate of drug-likeness (QED) is 0.250. The van der Waals surface area contributed by atoms with Gasteiger partial charge < -0.3 is 30.1 Å². The number of aromatic nitrogens is 4. The van der Waals surface area contributed by atoms with Gasteiger partial charge in [-0.1, -0.05) is 47.6 Å². The number of carbonyl (C=O) groups excluding carboxylic acids is 1. The monoisotopic (exact) mass is 590 g/mol. The van der Waals surface area contributed by atoms with Crippen molar-refractivity contribution in [2.45, 2.75) is 43.2 Å². The summed E-state index contributed by atoms with van der Waals surface area (Å²) in [5.74, 6) is 2.34. The fourth-order valence-corrected chi connectivity index (χ4v) is 7.05. The van der Waals surface area contributed by atoms with E-state index in [0.29, 0.717) is 40.9 Å². The van der Waals surface area contributed by atoms with Crippen LogP contribution in [0.2, 0.25) is 0 Å². The number of aliphatic hydroxyl groups is 1. The maximum Gasteiger partial charge on any atom is 0.261 e. The molecule has 5 aliphatic heterocycles. The highest BCUT2D eigenvalue weighted by Crippen LogP contribution is 2.43. The van der Waals surface area contributed by atoms with Gasteiger partial charge in [0.2, 0.25) is 0 Å². The van der Waals surface area contributed by atoms with Crippen molar-refractivity contribution in [1.82, 2.24) is 29.9 Å². The van der Waals surface area contributed by atoms with Crippen molar-refractivity contribution >= 4 is 23.2 Å². The molecule has 3 fully saturated rings. The number of benzene rings is 1. The van der Waals surface area contributed by atoms with Crippen LogP contribution in [0.25, 0.3) is 11.5 Å². The number of amides is 1. The highest BCUT2D eigenvalue weighted by Gasteiger charge is 2.44. The topological polar surface area (TPSA) is 133 Å². The van der Waals surface area contributed by atoms with Crippen LogP contribution in [0, 0.1) is 0 Å². The molecule has 8 heterocycles. The van der Waals surface area contributed by atoms with E-state index in [1.165, 1.54) is 0 Å². The molecule has 0 spiro atoms. The molecule has 4 aromatic rings. The maximum absolute atomic E-state index is 12.9. The molecule has 3 N–H and O–H groups in total. The molecule has 1 amide bonds. The molecule has 1 aromatic carbocycles. The largest absolute Gasteiger partial charge is 0.394 e. The van der Waals surface area contributed by atoms with E-state index in [9.17, 15) is 9.90 Å². The fourth-order valence-electron chi connectivity index (χ4n) is 7.05. The van der Waals surface area contributed by atoms with Gasteiger partial charge in [0, 0.05) is 24.2 Å². The summed E-state index contributed by atoms with van der Waals surface area (Å²) in [4.78, 5) is 31.7. The molecule has 5 aliphatic rings. The number of hydrogen-bond donors (Lipinski definition) is 3. The molecule has 9 rings (SSSR count). The lowest BCUT2D eigenvalue weighted by Crippen LogP contribution is -2.51. The van der Waals surface area contributed by atoms with Gasteiger partial charge in [-0.25, -0.2) is 9.97 Å². The highest BCUT2D eigenvalue weighted by molar-refractivity contribution is 5.99. The van der Waals surface area contributed by atoms with Gasteiger partial charge >= 0.3 is 0 Å².